The molecular weight excluding hydrogens is 559 g/mol. The highest BCUT2D eigenvalue weighted by Crippen LogP contribution is 2.29. The maximum Gasteiger partial charge on any atom is 0.414 e. The molecule has 1 aromatic heterocycles. The van der Waals surface area contributed by atoms with Gasteiger partial charge in [-0.25, -0.2) is 14.2 Å². The van der Waals surface area contributed by atoms with Gasteiger partial charge in [0.1, 0.15) is 6.61 Å². The predicted molar refractivity (Wildman–Crippen MR) is 171 cm³/mol. The van der Waals surface area contributed by atoms with Crippen LogP contribution in [0.15, 0.2) is 42.5 Å². The summed E-state index contributed by atoms with van der Waals surface area (Å²) in [5.41, 5.74) is 4.12. The second-order valence-corrected chi connectivity index (χ2v) is 12.1. The lowest BCUT2D eigenvalue weighted by atomic mass is 9.96. The Hall–Kier alpha value is -3.76. The number of hydrogen-bond acceptors (Lipinski definition) is 8. The maximum absolute atomic E-state index is 15.1. The molecule has 1 amide bonds. The van der Waals surface area contributed by atoms with Gasteiger partial charge in [-0.3, -0.25) is 9.80 Å². The number of anilines is 2. The van der Waals surface area contributed by atoms with E-state index in [1.54, 1.807) is 18.2 Å². The summed E-state index contributed by atoms with van der Waals surface area (Å²) < 4.78 is 26.5. The molecule has 10 heteroatoms. The van der Waals surface area contributed by atoms with E-state index in [1.165, 1.54) is 12.5 Å². The van der Waals surface area contributed by atoms with Crippen LogP contribution in [0.3, 0.4) is 0 Å². The van der Waals surface area contributed by atoms with Crippen molar-refractivity contribution >= 4 is 17.7 Å². The minimum atomic E-state index is -0.539. The Labute approximate surface area is 260 Å². The standard InChI is InChI=1S/C34H45FN6O3/c1-23(2)41-17-15-40(16-18-41)19-20-43-31-14-13-27(21-29(31)35)36-33-38-30(28-12-8-9-24(3)25(28)4)22-32(39-33)44-34(42)37-26-10-6-5-7-11-26/h8-9,12-14,21-23,26H,5-7,10-11,15-20H2,1-4H3,(H,37,42)(H,36,38,39). The third-order valence-electron chi connectivity index (χ3n) is 8.70. The van der Waals surface area contributed by atoms with E-state index in [0.29, 0.717) is 24.0 Å². The third-order valence-corrected chi connectivity index (χ3v) is 8.70. The zero-order valence-corrected chi connectivity index (χ0v) is 26.4. The van der Waals surface area contributed by atoms with E-state index >= 15 is 4.39 Å². The molecule has 2 fully saturated rings. The molecule has 2 heterocycles. The van der Waals surface area contributed by atoms with Gasteiger partial charge in [0.05, 0.1) is 5.69 Å². The molecule has 0 unspecified atom stereocenters. The number of ether oxygens (including phenoxy) is 2. The van der Waals surface area contributed by atoms with Crippen LogP contribution in [0.5, 0.6) is 11.6 Å². The van der Waals surface area contributed by atoms with E-state index in [2.05, 4.69) is 39.3 Å². The quantitative estimate of drug-likeness (QED) is 0.272. The van der Waals surface area contributed by atoms with Gasteiger partial charge in [-0.2, -0.15) is 4.98 Å². The van der Waals surface area contributed by atoms with E-state index in [9.17, 15) is 4.79 Å². The van der Waals surface area contributed by atoms with Gasteiger partial charge in [0.25, 0.3) is 0 Å². The van der Waals surface area contributed by atoms with Gasteiger partial charge in [-0.15, -0.1) is 0 Å². The fourth-order valence-electron chi connectivity index (χ4n) is 5.85. The minimum Gasteiger partial charge on any atom is -0.489 e. The first-order valence-corrected chi connectivity index (χ1v) is 15.8. The van der Waals surface area contributed by atoms with Crippen molar-refractivity contribution in [1.29, 1.82) is 0 Å². The molecule has 2 aliphatic rings. The van der Waals surface area contributed by atoms with Crippen LogP contribution in [0, 0.1) is 19.7 Å². The second kappa shape index (κ2) is 14.8. The van der Waals surface area contributed by atoms with Crippen LogP contribution >= 0.6 is 0 Å². The van der Waals surface area contributed by atoms with Crippen molar-refractivity contribution in [2.75, 3.05) is 44.6 Å². The van der Waals surface area contributed by atoms with E-state index < -0.39 is 11.9 Å². The number of piperazine rings is 1. The van der Waals surface area contributed by atoms with E-state index in [-0.39, 0.29) is 23.6 Å². The van der Waals surface area contributed by atoms with Crippen LogP contribution in [0.25, 0.3) is 11.3 Å². The molecule has 0 atom stereocenters. The van der Waals surface area contributed by atoms with Crippen molar-refractivity contribution in [1.82, 2.24) is 25.1 Å². The number of hydrogen-bond donors (Lipinski definition) is 2. The molecule has 1 saturated carbocycles. The van der Waals surface area contributed by atoms with Crippen molar-refractivity contribution in [3.63, 3.8) is 0 Å². The van der Waals surface area contributed by atoms with Crippen molar-refractivity contribution in [2.24, 2.45) is 0 Å². The summed E-state index contributed by atoms with van der Waals surface area (Å²) in [6, 6.07) is 13.0. The fraction of sp³-hybridized carbons (Fsp3) is 0.500. The molecule has 2 N–H and O–H groups in total. The summed E-state index contributed by atoms with van der Waals surface area (Å²) >= 11 is 0. The Morgan fingerprint density at radius 1 is 1.02 bits per heavy atom. The smallest absolute Gasteiger partial charge is 0.414 e. The summed E-state index contributed by atoms with van der Waals surface area (Å²) in [5, 5.41) is 6.05. The Balaban J connectivity index is 1.26. The minimum absolute atomic E-state index is 0.105. The van der Waals surface area contributed by atoms with Gasteiger partial charge in [0.15, 0.2) is 11.6 Å². The molecule has 236 valence electrons. The molecule has 1 aliphatic carbocycles. The third kappa shape index (κ3) is 8.45. The Kier molecular flexibility index (Phi) is 10.7. The summed E-state index contributed by atoms with van der Waals surface area (Å²) in [4.78, 5) is 26.7. The summed E-state index contributed by atoms with van der Waals surface area (Å²) in [7, 11) is 0. The number of amides is 1. The molecule has 0 radical (unpaired) electrons. The van der Waals surface area contributed by atoms with Crippen LogP contribution in [-0.2, 0) is 0 Å². The molecule has 44 heavy (non-hydrogen) atoms. The van der Waals surface area contributed by atoms with Crippen molar-refractivity contribution < 1.29 is 18.7 Å². The first-order chi connectivity index (χ1) is 21.2. The lowest BCUT2D eigenvalue weighted by Crippen LogP contribution is -2.49. The fourth-order valence-corrected chi connectivity index (χ4v) is 5.85. The molecule has 9 nitrogen and oxygen atoms in total. The summed E-state index contributed by atoms with van der Waals surface area (Å²) in [6.07, 6.45) is 4.73. The number of aryl methyl sites for hydroxylation is 1. The molecule has 1 saturated heterocycles. The number of aromatic nitrogens is 2. The molecule has 3 aromatic rings. The Bertz CT molecular complexity index is 1420. The van der Waals surface area contributed by atoms with Crippen LogP contribution in [-0.4, -0.2) is 77.3 Å². The van der Waals surface area contributed by atoms with Crippen LogP contribution in [0.1, 0.15) is 57.1 Å². The zero-order chi connectivity index (χ0) is 31.1. The van der Waals surface area contributed by atoms with Crippen LogP contribution in [0.4, 0.5) is 20.8 Å². The number of rotatable bonds is 10. The largest absolute Gasteiger partial charge is 0.489 e. The monoisotopic (exact) mass is 604 g/mol. The van der Waals surface area contributed by atoms with Gasteiger partial charge in [-0.1, -0.05) is 37.5 Å². The van der Waals surface area contributed by atoms with Crippen molar-refractivity contribution in [3.05, 3.63) is 59.4 Å². The first-order valence-electron chi connectivity index (χ1n) is 15.8. The second-order valence-electron chi connectivity index (χ2n) is 12.1. The van der Waals surface area contributed by atoms with Crippen LogP contribution in [0.2, 0.25) is 0 Å². The van der Waals surface area contributed by atoms with Crippen LogP contribution < -0.4 is 20.1 Å². The number of benzene rings is 2. The maximum atomic E-state index is 15.1. The number of nitrogens with zero attached hydrogens (tertiary/aromatic N) is 4. The Morgan fingerprint density at radius 3 is 2.52 bits per heavy atom. The lowest BCUT2D eigenvalue weighted by Gasteiger charge is -2.36. The average molecular weight is 605 g/mol. The molecule has 1 aliphatic heterocycles. The molecule has 0 spiro atoms. The first kappa shape index (κ1) is 31.7. The van der Waals surface area contributed by atoms with Crippen molar-refractivity contribution in [2.45, 2.75) is 71.9 Å². The van der Waals surface area contributed by atoms with Gasteiger partial charge in [0, 0.05) is 68.2 Å². The average Bonchev–Trinajstić information content (AvgIpc) is 3.00. The lowest BCUT2D eigenvalue weighted by molar-refractivity contribution is 0.0965. The number of carbonyl (C=O) groups is 1. The summed E-state index contributed by atoms with van der Waals surface area (Å²) in [6.45, 7) is 13.7. The number of halogens is 1. The normalized spacial score (nSPS) is 16.6. The van der Waals surface area contributed by atoms with Crippen molar-refractivity contribution in [3.8, 4) is 22.9 Å². The molecule has 2 aromatic carbocycles. The van der Waals surface area contributed by atoms with Gasteiger partial charge in [0.2, 0.25) is 11.8 Å². The topological polar surface area (TPSA) is 91.8 Å². The molecule has 0 bridgehead atoms. The highest BCUT2D eigenvalue weighted by atomic mass is 19.1. The predicted octanol–water partition coefficient (Wildman–Crippen LogP) is 6.47. The van der Waals surface area contributed by atoms with Gasteiger partial charge < -0.3 is 20.1 Å². The van der Waals surface area contributed by atoms with Gasteiger partial charge >= 0.3 is 6.09 Å². The van der Waals surface area contributed by atoms with E-state index in [1.807, 2.05) is 32.0 Å². The van der Waals surface area contributed by atoms with E-state index in [4.69, 9.17) is 14.5 Å². The Morgan fingerprint density at radius 2 is 1.80 bits per heavy atom. The summed E-state index contributed by atoms with van der Waals surface area (Å²) in [5.74, 6) is 0.0253. The number of nitrogens with one attached hydrogen (secondary N) is 2. The van der Waals surface area contributed by atoms with Gasteiger partial charge in [-0.05, 0) is 63.8 Å². The highest BCUT2D eigenvalue weighted by Gasteiger charge is 2.20. The highest BCUT2D eigenvalue weighted by molar-refractivity contribution is 5.72. The van der Waals surface area contributed by atoms with E-state index in [0.717, 1.165) is 75.1 Å². The SMILES string of the molecule is Cc1cccc(-c2cc(OC(=O)NC3CCCCC3)nc(Nc3ccc(OCCN4CCN(C(C)C)CC4)c(F)c3)n2)c1C. The molecule has 5 rings (SSSR count). The molecular formula is C34H45FN6O3. The zero-order valence-electron chi connectivity index (χ0n) is 26.4. The number of carbonyl (C=O) groups excluding carboxylic acids is 1.